The lowest BCUT2D eigenvalue weighted by molar-refractivity contribution is -0.114. The van der Waals surface area contributed by atoms with E-state index >= 15 is 0 Å². The van der Waals surface area contributed by atoms with Gasteiger partial charge in [0, 0.05) is 15.1 Å². The van der Waals surface area contributed by atoms with E-state index in [1.54, 1.807) is 24.3 Å². The molecule has 0 aliphatic carbocycles. The molecule has 0 saturated carbocycles. The highest BCUT2D eigenvalue weighted by Gasteiger charge is 2.12. The standard InChI is InChI=1S/C16H15BrF2N2OS/c1-10-6-7-12(11(17)8-10)20-9-15(22)21-13-4-2-3-5-14(13)23-16(18)19/h2-8,16,20H,9H2,1H3,(H,21,22). The van der Waals surface area contributed by atoms with Gasteiger partial charge in [0.15, 0.2) is 0 Å². The van der Waals surface area contributed by atoms with E-state index in [0.717, 1.165) is 15.7 Å². The molecular weight excluding hydrogens is 386 g/mol. The maximum Gasteiger partial charge on any atom is 0.288 e. The fourth-order valence-electron chi connectivity index (χ4n) is 1.90. The fraction of sp³-hybridized carbons (Fsp3) is 0.188. The number of nitrogens with one attached hydrogen (secondary N) is 2. The third kappa shape index (κ3) is 5.51. The monoisotopic (exact) mass is 400 g/mol. The molecule has 2 N–H and O–H groups in total. The zero-order chi connectivity index (χ0) is 16.8. The average Bonchev–Trinajstić information content (AvgIpc) is 2.48. The number of hydrogen-bond donors (Lipinski definition) is 2. The second-order valence-electron chi connectivity index (χ2n) is 4.76. The van der Waals surface area contributed by atoms with Crippen molar-refractivity contribution in [3.63, 3.8) is 0 Å². The summed E-state index contributed by atoms with van der Waals surface area (Å²) in [6.07, 6.45) is 0. The molecule has 2 aromatic carbocycles. The summed E-state index contributed by atoms with van der Waals surface area (Å²) in [5.74, 6) is -2.84. The van der Waals surface area contributed by atoms with Crippen LogP contribution in [-0.2, 0) is 4.79 Å². The predicted octanol–water partition coefficient (Wildman–Crippen LogP) is 5.12. The SMILES string of the molecule is Cc1ccc(NCC(=O)Nc2ccccc2SC(F)F)c(Br)c1. The van der Waals surface area contributed by atoms with Gasteiger partial charge in [-0.15, -0.1) is 0 Å². The molecular formula is C16H15BrF2N2OS. The number of hydrogen-bond acceptors (Lipinski definition) is 3. The molecule has 1 amide bonds. The Morgan fingerprint density at radius 3 is 2.65 bits per heavy atom. The Kier molecular flexibility index (Phi) is 6.41. The molecule has 0 unspecified atom stereocenters. The van der Waals surface area contributed by atoms with E-state index in [9.17, 15) is 13.6 Å². The molecule has 0 aromatic heterocycles. The number of anilines is 2. The first-order chi connectivity index (χ1) is 11.0. The lowest BCUT2D eigenvalue weighted by atomic mass is 10.2. The smallest absolute Gasteiger partial charge is 0.288 e. The summed E-state index contributed by atoms with van der Waals surface area (Å²) in [6.45, 7) is 2.01. The minimum absolute atomic E-state index is 0.0370. The van der Waals surface area contributed by atoms with Crippen molar-refractivity contribution in [2.24, 2.45) is 0 Å². The van der Waals surface area contributed by atoms with Gasteiger partial charge in [0.25, 0.3) is 5.76 Å². The third-order valence-corrected chi connectivity index (χ3v) is 4.39. The number of aryl methyl sites for hydroxylation is 1. The number of halogens is 3. The van der Waals surface area contributed by atoms with Gasteiger partial charge in [-0.05, 0) is 52.7 Å². The maximum atomic E-state index is 12.5. The topological polar surface area (TPSA) is 41.1 Å². The van der Waals surface area contributed by atoms with Gasteiger partial charge in [-0.25, -0.2) is 0 Å². The van der Waals surface area contributed by atoms with Crippen molar-refractivity contribution < 1.29 is 13.6 Å². The van der Waals surface area contributed by atoms with E-state index in [1.165, 1.54) is 0 Å². The van der Waals surface area contributed by atoms with Gasteiger partial charge >= 0.3 is 0 Å². The van der Waals surface area contributed by atoms with Crippen LogP contribution < -0.4 is 10.6 Å². The van der Waals surface area contributed by atoms with E-state index in [0.29, 0.717) is 22.3 Å². The summed E-state index contributed by atoms with van der Waals surface area (Å²) >= 11 is 3.83. The molecule has 0 fully saturated rings. The van der Waals surface area contributed by atoms with Crippen LogP contribution in [0.25, 0.3) is 0 Å². The first-order valence-corrected chi connectivity index (χ1v) is 8.46. The molecule has 23 heavy (non-hydrogen) atoms. The molecule has 0 radical (unpaired) electrons. The lowest BCUT2D eigenvalue weighted by Crippen LogP contribution is -2.22. The van der Waals surface area contributed by atoms with Gasteiger partial charge in [0.2, 0.25) is 5.91 Å². The Morgan fingerprint density at radius 1 is 1.22 bits per heavy atom. The highest BCUT2D eigenvalue weighted by molar-refractivity contribution is 9.10. The number of benzene rings is 2. The Balaban J connectivity index is 1.97. The van der Waals surface area contributed by atoms with Crippen LogP contribution in [0, 0.1) is 6.92 Å². The molecule has 3 nitrogen and oxygen atoms in total. The largest absolute Gasteiger partial charge is 0.375 e. The van der Waals surface area contributed by atoms with Crippen LogP contribution in [0.15, 0.2) is 51.8 Å². The fourth-order valence-corrected chi connectivity index (χ4v) is 3.13. The van der Waals surface area contributed by atoms with E-state index in [1.807, 2.05) is 25.1 Å². The van der Waals surface area contributed by atoms with Gasteiger partial charge in [0.1, 0.15) is 0 Å². The molecule has 122 valence electrons. The summed E-state index contributed by atoms with van der Waals surface area (Å²) in [7, 11) is 0. The Labute approximate surface area is 146 Å². The number of carbonyl (C=O) groups excluding carboxylic acids is 1. The molecule has 0 aliphatic heterocycles. The zero-order valence-corrected chi connectivity index (χ0v) is 14.7. The molecule has 0 aliphatic rings. The van der Waals surface area contributed by atoms with Crippen LogP contribution in [0.2, 0.25) is 0 Å². The zero-order valence-electron chi connectivity index (χ0n) is 12.3. The van der Waals surface area contributed by atoms with Crippen LogP contribution >= 0.6 is 27.7 Å². The lowest BCUT2D eigenvalue weighted by Gasteiger charge is -2.12. The van der Waals surface area contributed by atoms with Crippen molar-refractivity contribution in [2.45, 2.75) is 17.6 Å². The van der Waals surface area contributed by atoms with Crippen LogP contribution in [0.1, 0.15) is 5.56 Å². The summed E-state index contributed by atoms with van der Waals surface area (Å²) in [4.78, 5) is 12.4. The predicted molar refractivity (Wildman–Crippen MR) is 94.3 cm³/mol. The number of amides is 1. The summed E-state index contributed by atoms with van der Waals surface area (Å²) < 4.78 is 25.9. The first-order valence-electron chi connectivity index (χ1n) is 6.79. The van der Waals surface area contributed by atoms with Gasteiger partial charge in [-0.2, -0.15) is 8.78 Å². The van der Waals surface area contributed by atoms with Gasteiger partial charge < -0.3 is 10.6 Å². The normalized spacial score (nSPS) is 10.7. The Morgan fingerprint density at radius 2 is 1.96 bits per heavy atom. The molecule has 2 aromatic rings. The number of carbonyl (C=O) groups is 1. The van der Waals surface area contributed by atoms with E-state index in [2.05, 4.69) is 26.6 Å². The van der Waals surface area contributed by atoms with E-state index in [-0.39, 0.29) is 12.5 Å². The molecule has 0 spiro atoms. The summed E-state index contributed by atoms with van der Waals surface area (Å²) in [6, 6.07) is 12.2. The second-order valence-corrected chi connectivity index (χ2v) is 6.65. The van der Waals surface area contributed by atoms with Crippen molar-refractivity contribution in [1.29, 1.82) is 0 Å². The van der Waals surface area contributed by atoms with Crippen LogP contribution in [0.4, 0.5) is 20.2 Å². The molecule has 7 heteroatoms. The minimum Gasteiger partial charge on any atom is -0.375 e. The second kappa shape index (κ2) is 8.31. The highest BCUT2D eigenvalue weighted by atomic mass is 79.9. The number of thioether (sulfide) groups is 1. The molecule has 0 bridgehead atoms. The van der Waals surface area contributed by atoms with E-state index < -0.39 is 5.76 Å². The maximum absolute atomic E-state index is 12.5. The quantitative estimate of drug-likeness (QED) is 0.660. The van der Waals surface area contributed by atoms with Crippen molar-refractivity contribution in [3.8, 4) is 0 Å². The number of alkyl halides is 2. The van der Waals surface area contributed by atoms with Crippen LogP contribution in [0.3, 0.4) is 0 Å². The first kappa shape index (κ1) is 17.7. The van der Waals surface area contributed by atoms with Crippen molar-refractivity contribution in [1.82, 2.24) is 0 Å². The Bertz CT molecular complexity index is 698. The summed E-state index contributed by atoms with van der Waals surface area (Å²) in [5, 5.41) is 5.65. The van der Waals surface area contributed by atoms with Gasteiger partial charge in [-0.1, -0.05) is 30.0 Å². The molecule has 0 atom stereocenters. The Hall–Kier alpha value is -1.60. The molecule has 0 saturated heterocycles. The van der Waals surface area contributed by atoms with Gasteiger partial charge in [-0.3, -0.25) is 4.79 Å². The van der Waals surface area contributed by atoms with Crippen molar-refractivity contribution in [2.75, 3.05) is 17.2 Å². The van der Waals surface area contributed by atoms with Gasteiger partial charge in [0.05, 0.1) is 12.2 Å². The van der Waals surface area contributed by atoms with Crippen LogP contribution in [0.5, 0.6) is 0 Å². The minimum atomic E-state index is -2.53. The summed E-state index contributed by atoms with van der Waals surface area (Å²) in [5.41, 5.74) is 2.28. The van der Waals surface area contributed by atoms with Crippen LogP contribution in [-0.4, -0.2) is 18.2 Å². The third-order valence-electron chi connectivity index (χ3n) is 2.94. The molecule has 0 heterocycles. The van der Waals surface area contributed by atoms with Crippen molar-refractivity contribution >= 4 is 45.0 Å². The average molecular weight is 401 g/mol. The van der Waals surface area contributed by atoms with Crippen molar-refractivity contribution in [3.05, 3.63) is 52.5 Å². The number of rotatable bonds is 6. The highest BCUT2D eigenvalue weighted by Crippen LogP contribution is 2.31. The molecule has 2 rings (SSSR count). The number of para-hydroxylation sites is 1. The van der Waals surface area contributed by atoms with E-state index in [4.69, 9.17) is 0 Å².